The second kappa shape index (κ2) is 9.66. The molecule has 1 N–H and O–H groups in total. The lowest BCUT2D eigenvalue weighted by Crippen LogP contribution is -2.04. The fourth-order valence-electron chi connectivity index (χ4n) is 1.74. The molecule has 0 fully saturated rings. The van der Waals surface area contributed by atoms with Crippen molar-refractivity contribution in [1.82, 2.24) is 0 Å². The Morgan fingerprint density at radius 2 is 1.52 bits per heavy atom. The molecule has 2 nitrogen and oxygen atoms in total. The average molecular weight is 325 g/mol. The second-order valence-corrected chi connectivity index (χ2v) is 4.92. The third-order valence-electron chi connectivity index (χ3n) is 3.14. The Morgan fingerprint density at radius 1 is 0.913 bits per heavy atom. The summed E-state index contributed by atoms with van der Waals surface area (Å²) in [4.78, 5) is 8.00. The minimum atomic E-state index is -4.26. The summed E-state index contributed by atoms with van der Waals surface area (Å²) < 4.78 is 36.2. The fraction of sp³-hybridized carbons (Fsp3) is 0.278. The fourth-order valence-corrected chi connectivity index (χ4v) is 1.74. The Morgan fingerprint density at radius 3 is 1.96 bits per heavy atom. The van der Waals surface area contributed by atoms with Gasteiger partial charge in [-0.3, -0.25) is 0 Å². The Kier molecular flexibility index (Phi) is 8.70. The van der Waals surface area contributed by atoms with Crippen LogP contribution in [0.3, 0.4) is 0 Å². The molecule has 2 aromatic rings. The average Bonchev–Trinajstić information content (AvgIpc) is 2.53. The van der Waals surface area contributed by atoms with Crippen LogP contribution in [0.15, 0.2) is 42.5 Å². The van der Waals surface area contributed by atoms with E-state index in [-0.39, 0.29) is 0 Å². The summed E-state index contributed by atoms with van der Waals surface area (Å²) in [5.74, 6) is 0. The molecule has 126 valence electrons. The van der Waals surface area contributed by atoms with Crippen molar-refractivity contribution in [2.45, 2.75) is 26.9 Å². The Labute approximate surface area is 135 Å². The lowest BCUT2D eigenvalue weighted by molar-refractivity contribution is -0.137. The van der Waals surface area contributed by atoms with E-state index in [1.807, 2.05) is 6.79 Å². The number of benzene rings is 2. The van der Waals surface area contributed by atoms with Gasteiger partial charge in [-0.05, 0) is 50.1 Å². The summed E-state index contributed by atoms with van der Waals surface area (Å²) in [6.45, 7) is 8.39. The summed E-state index contributed by atoms with van der Waals surface area (Å²) in [7, 11) is 1.58. The van der Waals surface area contributed by atoms with Gasteiger partial charge in [-0.15, -0.1) is 0 Å². The van der Waals surface area contributed by atoms with Crippen molar-refractivity contribution in [3.63, 3.8) is 0 Å². The van der Waals surface area contributed by atoms with Crippen LogP contribution in [0.2, 0.25) is 0 Å². The largest absolute Gasteiger partial charge is 0.416 e. The van der Waals surface area contributed by atoms with Gasteiger partial charge in [-0.2, -0.15) is 13.2 Å². The molecule has 0 unspecified atom stereocenters. The number of carbonyl (C=O) groups is 1. The van der Waals surface area contributed by atoms with Crippen LogP contribution in [0.5, 0.6) is 0 Å². The van der Waals surface area contributed by atoms with E-state index in [1.54, 1.807) is 13.1 Å². The van der Waals surface area contributed by atoms with Crippen LogP contribution >= 0.6 is 0 Å². The highest BCUT2D eigenvalue weighted by atomic mass is 19.4. The first-order chi connectivity index (χ1) is 10.7. The molecule has 0 amide bonds. The summed E-state index contributed by atoms with van der Waals surface area (Å²) >= 11 is 0. The Bertz CT molecular complexity index is 609. The highest BCUT2D eigenvalue weighted by Gasteiger charge is 2.30. The van der Waals surface area contributed by atoms with Gasteiger partial charge in [-0.1, -0.05) is 29.8 Å². The third-order valence-corrected chi connectivity index (χ3v) is 3.14. The first-order valence-electron chi connectivity index (χ1n) is 6.92. The van der Waals surface area contributed by atoms with Crippen LogP contribution in [0.4, 0.5) is 18.9 Å². The maximum Gasteiger partial charge on any atom is 0.416 e. The van der Waals surface area contributed by atoms with E-state index in [9.17, 15) is 13.2 Å². The molecule has 0 radical (unpaired) electrons. The normalized spacial score (nSPS) is 9.87. The number of hydrogen-bond donors (Lipinski definition) is 1. The van der Waals surface area contributed by atoms with E-state index in [0.29, 0.717) is 5.69 Å². The Hall–Kier alpha value is -2.30. The first kappa shape index (κ1) is 20.7. The minimum Gasteiger partial charge on any atom is -0.388 e. The van der Waals surface area contributed by atoms with Gasteiger partial charge in [0.15, 0.2) is 0 Å². The molecular weight excluding hydrogens is 303 g/mol. The quantitative estimate of drug-likeness (QED) is 0.783. The summed E-state index contributed by atoms with van der Waals surface area (Å²) in [5, 5.41) is 2.64. The number of nitrogens with one attached hydrogen (secondary N) is 1. The monoisotopic (exact) mass is 325 g/mol. The molecule has 0 saturated carbocycles. The van der Waals surface area contributed by atoms with E-state index in [1.165, 1.54) is 22.8 Å². The van der Waals surface area contributed by atoms with Crippen molar-refractivity contribution in [1.29, 1.82) is 0 Å². The van der Waals surface area contributed by atoms with Gasteiger partial charge in [0.1, 0.15) is 6.79 Å². The number of halogens is 3. The Balaban J connectivity index is 0.000000392. The summed E-state index contributed by atoms with van der Waals surface area (Å²) in [5.41, 5.74) is 3.94. The zero-order chi connectivity index (χ0) is 18.0. The molecule has 0 bridgehead atoms. The summed E-state index contributed by atoms with van der Waals surface area (Å²) in [6, 6.07) is 11.6. The molecule has 0 aliphatic carbocycles. The molecule has 0 atom stereocenters. The lowest BCUT2D eigenvalue weighted by atomic mass is 10.1. The van der Waals surface area contributed by atoms with Crippen LogP contribution in [0.1, 0.15) is 22.3 Å². The number of hydrogen-bond acceptors (Lipinski definition) is 2. The third kappa shape index (κ3) is 7.49. The standard InChI is InChI=1S/C9H12.C8H8F3N.CH2O/c1-7-4-5-8(2)9(3)6-7;1-12-7-4-2-3-6(5-7)8(9,10)11;1-2/h4-6H,1-3H3;2-5,12H,1H3;1H2. The van der Waals surface area contributed by atoms with E-state index >= 15 is 0 Å². The second-order valence-electron chi connectivity index (χ2n) is 4.92. The molecule has 0 aliphatic heterocycles. The van der Waals surface area contributed by atoms with Gasteiger partial charge in [0.25, 0.3) is 0 Å². The SMILES string of the molecule is C=O.CNc1cccc(C(F)(F)F)c1.Cc1ccc(C)c(C)c1. The van der Waals surface area contributed by atoms with Crippen LogP contribution in [0, 0.1) is 20.8 Å². The van der Waals surface area contributed by atoms with E-state index in [0.717, 1.165) is 12.1 Å². The van der Waals surface area contributed by atoms with Crippen molar-refractivity contribution < 1.29 is 18.0 Å². The highest BCUT2D eigenvalue weighted by molar-refractivity contribution is 5.45. The zero-order valence-corrected chi connectivity index (χ0v) is 13.8. The molecule has 0 spiro atoms. The molecule has 0 aromatic heterocycles. The number of carbonyl (C=O) groups excluding carboxylic acids is 1. The van der Waals surface area contributed by atoms with Crippen molar-refractivity contribution in [2.24, 2.45) is 0 Å². The molecule has 2 rings (SSSR count). The molecular formula is C18H22F3NO. The van der Waals surface area contributed by atoms with Crippen LogP contribution in [0.25, 0.3) is 0 Å². The van der Waals surface area contributed by atoms with Crippen molar-refractivity contribution in [2.75, 3.05) is 12.4 Å². The zero-order valence-electron chi connectivity index (χ0n) is 13.8. The van der Waals surface area contributed by atoms with Gasteiger partial charge in [0.2, 0.25) is 0 Å². The maximum atomic E-state index is 12.1. The number of anilines is 1. The molecule has 0 heterocycles. The predicted molar refractivity (Wildman–Crippen MR) is 88.8 cm³/mol. The number of rotatable bonds is 1. The molecule has 2 aromatic carbocycles. The van der Waals surface area contributed by atoms with Crippen molar-refractivity contribution >= 4 is 12.5 Å². The lowest BCUT2D eigenvalue weighted by Gasteiger charge is -2.07. The molecule has 23 heavy (non-hydrogen) atoms. The van der Waals surface area contributed by atoms with Crippen LogP contribution in [-0.4, -0.2) is 13.8 Å². The van der Waals surface area contributed by atoms with E-state index in [2.05, 4.69) is 44.3 Å². The van der Waals surface area contributed by atoms with Gasteiger partial charge in [0.05, 0.1) is 5.56 Å². The molecule has 5 heteroatoms. The first-order valence-corrected chi connectivity index (χ1v) is 6.92. The van der Waals surface area contributed by atoms with E-state index in [4.69, 9.17) is 4.79 Å². The van der Waals surface area contributed by atoms with E-state index < -0.39 is 11.7 Å². The van der Waals surface area contributed by atoms with Crippen LogP contribution < -0.4 is 5.32 Å². The number of alkyl halides is 3. The van der Waals surface area contributed by atoms with Crippen molar-refractivity contribution in [3.05, 3.63) is 64.7 Å². The highest BCUT2D eigenvalue weighted by Crippen LogP contribution is 2.30. The van der Waals surface area contributed by atoms with Gasteiger partial charge in [0, 0.05) is 12.7 Å². The summed E-state index contributed by atoms with van der Waals surface area (Å²) in [6.07, 6.45) is -4.26. The molecule has 0 saturated heterocycles. The predicted octanol–water partition coefficient (Wildman–Crippen LogP) is 5.17. The van der Waals surface area contributed by atoms with Crippen molar-refractivity contribution in [3.8, 4) is 0 Å². The molecule has 0 aliphatic rings. The van der Waals surface area contributed by atoms with Gasteiger partial charge in [-0.25, -0.2) is 0 Å². The van der Waals surface area contributed by atoms with Crippen LogP contribution in [-0.2, 0) is 11.0 Å². The topological polar surface area (TPSA) is 29.1 Å². The van der Waals surface area contributed by atoms with Gasteiger partial charge < -0.3 is 10.1 Å². The maximum absolute atomic E-state index is 12.1. The van der Waals surface area contributed by atoms with Gasteiger partial charge >= 0.3 is 6.18 Å². The smallest absolute Gasteiger partial charge is 0.388 e. The number of aryl methyl sites for hydroxylation is 3. The minimum absolute atomic E-state index is 0.463.